The fraction of sp³-hybridized carbons (Fsp3) is 0.125. The number of aromatic amines is 1. The Morgan fingerprint density at radius 3 is 2.65 bits per heavy atom. The van der Waals surface area contributed by atoms with Crippen LogP contribution in [-0.4, -0.2) is 4.98 Å². The van der Waals surface area contributed by atoms with Gasteiger partial charge in [0.15, 0.2) is 0 Å². The van der Waals surface area contributed by atoms with Crippen molar-refractivity contribution in [1.82, 2.24) is 4.98 Å². The molecule has 1 heteroatoms. The molecular formula is C16H13N. The average Bonchev–Trinajstić information content (AvgIpc) is 2.65. The molecule has 0 unspecified atom stereocenters. The van der Waals surface area contributed by atoms with Gasteiger partial charge in [0.1, 0.15) is 0 Å². The van der Waals surface area contributed by atoms with Gasteiger partial charge in [-0.05, 0) is 41.7 Å². The first kappa shape index (κ1) is 9.06. The zero-order chi connectivity index (χ0) is 11.4. The third-order valence-corrected chi connectivity index (χ3v) is 3.91. The first-order chi connectivity index (χ1) is 8.38. The van der Waals surface area contributed by atoms with Gasteiger partial charge in [-0.25, -0.2) is 0 Å². The Hall–Kier alpha value is -2.02. The van der Waals surface area contributed by atoms with E-state index < -0.39 is 0 Å². The van der Waals surface area contributed by atoms with E-state index in [-0.39, 0.29) is 0 Å². The molecule has 17 heavy (non-hydrogen) atoms. The lowest BCUT2D eigenvalue weighted by atomic mass is 9.83. The molecule has 3 aromatic rings. The second-order valence-electron chi connectivity index (χ2n) is 4.72. The van der Waals surface area contributed by atoms with Crippen molar-refractivity contribution in [2.45, 2.75) is 12.8 Å². The molecule has 0 fully saturated rings. The summed E-state index contributed by atoms with van der Waals surface area (Å²) in [5, 5.41) is 2.66. The van der Waals surface area contributed by atoms with E-state index in [1.165, 1.54) is 51.3 Å². The molecule has 1 heterocycles. The van der Waals surface area contributed by atoms with Crippen molar-refractivity contribution in [2.75, 3.05) is 0 Å². The van der Waals surface area contributed by atoms with Crippen LogP contribution in [0.4, 0.5) is 0 Å². The smallest absolute Gasteiger partial charge is 0.0500 e. The number of H-pyrrole nitrogens is 1. The quantitative estimate of drug-likeness (QED) is 0.635. The minimum absolute atomic E-state index is 1.19. The van der Waals surface area contributed by atoms with Crippen LogP contribution in [0.1, 0.15) is 16.7 Å². The van der Waals surface area contributed by atoms with Gasteiger partial charge in [0.05, 0.1) is 5.52 Å². The normalized spacial score (nSPS) is 13.6. The monoisotopic (exact) mass is 219 g/mol. The summed E-state index contributed by atoms with van der Waals surface area (Å²) in [6.07, 6.45) is 4.38. The summed E-state index contributed by atoms with van der Waals surface area (Å²) >= 11 is 0. The summed E-state index contributed by atoms with van der Waals surface area (Å²) in [7, 11) is 0. The fourth-order valence-electron chi connectivity index (χ4n) is 2.95. The van der Waals surface area contributed by atoms with Crippen molar-refractivity contribution in [3.05, 3.63) is 53.6 Å². The summed E-state index contributed by atoms with van der Waals surface area (Å²) in [6, 6.07) is 10.8. The molecule has 1 aliphatic carbocycles. The van der Waals surface area contributed by atoms with E-state index in [1.807, 2.05) is 6.08 Å². The number of hydrogen-bond donors (Lipinski definition) is 1. The van der Waals surface area contributed by atoms with Gasteiger partial charge in [-0.2, -0.15) is 0 Å². The Morgan fingerprint density at radius 2 is 1.88 bits per heavy atom. The molecule has 0 saturated heterocycles. The van der Waals surface area contributed by atoms with Crippen LogP contribution in [-0.2, 0) is 12.8 Å². The molecule has 0 bridgehead atoms. The second kappa shape index (κ2) is 3.01. The summed E-state index contributed by atoms with van der Waals surface area (Å²) < 4.78 is 0. The molecule has 82 valence electrons. The molecule has 4 rings (SSSR count). The topological polar surface area (TPSA) is 15.8 Å². The maximum Gasteiger partial charge on any atom is 0.0500 e. The summed E-state index contributed by atoms with van der Waals surface area (Å²) in [5.74, 6) is 0. The Bertz CT molecular complexity index is 762. The zero-order valence-corrected chi connectivity index (χ0v) is 9.59. The minimum Gasteiger partial charge on any atom is -0.354 e. The zero-order valence-electron chi connectivity index (χ0n) is 9.59. The second-order valence-corrected chi connectivity index (χ2v) is 4.72. The summed E-state index contributed by atoms with van der Waals surface area (Å²) in [5.41, 5.74) is 6.85. The van der Waals surface area contributed by atoms with Gasteiger partial charge >= 0.3 is 0 Å². The summed E-state index contributed by atoms with van der Waals surface area (Å²) in [6.45, 7) is 3.93. The number of aryl methyl sites for hydroxylation is 1. The molecule has 1 N–H and O–H groups in total. The summed E-state index contributed by atoms with van der Waals surface area (Å²) in [4.78, 5) is 3.56. The van der Waals surface area contributed by atoms with Gasteiger partial charge in [0.2, 0.25) is 0 Å². The molecule has 0 radical (unpaired) electrons. The highest BCUT2D eigenvalue weighted by Crippen LogP contribution is 2.37. The third kappa shape index (κ3) is 1.04. The molecule has 0 atom stereocenters. The standard InChI is InChI=1S/C16H13N/c1-2-10-9-14-12-5-3-4-6-15(12)17-16(14)13-8-7-11(10)13/h2-6,9,17H,1,7-8H2. The van der Waals surface area contributed by atoms with E-state index in [0.29, 0.717) is 0 Å². The molecule has 2 aromatic carbocycles. The van der Waals surface area contributed by atoms with Crippen LogP contribution < -0.4 is 0 Å². The number of aromatic nitrogens is 1. The highest BCUT2D eigenvalue weighted by molar-refractivity contribution is 6.09. The number of para-hydroxylation sites is 1. The maximum atomic E-state index is 3.93. The van der Waals surface area contributed by atoms with E-state index in [4.69, 9.17) is 0 Å². The van der Waals surface area contributed by atoms with Gasteiger partial charge < -0.3 is 4.98 Å². The van der Waals surface area contributed by atoms with E-state index in [0.717, 1.165) is 0 Å². The van der Waals surface area contributed by atoms with Crippen LogP contribution in [0.2, 0.25) is 0 Å². The third-order valence-electron chi connectivity index (χ3n) is 3.91. The molecule has 1 aliphatic rings. The lowest BCUT2D eigenvalue weighted by Gasteiger charge is -2.22. The van der Waals surface area contributed by atoms with E-state index in [2.05, 4.69) is 41.9 Å². The van der Waals surface area contributed by atoms with Gasteiger partial charge in [-0.3, -0.25) is 0 Å². The lowest BCUT2D eigenvalue weighted by Crippen LogP contribution is -2.11. The number of benzene rings is 2. The molecule has 0 amide bonds. The lowest BCUT2D eigenvalue weighted by molar-refractivity contribution is 0.846. The van der Waals surface area contributed by atoms with Gasteiger partial charge in [-0.15, -0.1) is 0 Å². The average molecular weight is 219 g/mol. The Balaban J connectivity index is 2.26. The van der Waals surface area contributed by atoms with Gasteiger partial charge in [0, 0.05) is 16.3 Å². The minimum atomic E-state index is 1.19. The number of fused-ring (bicyclic) bond motifs is 5. The van der Waals surface area contributed by atoms with Crippen LogP contribution in [0, 0.1) is 0 Å². The van der Waals surface area contributed by atoms with Crippen LogP contribution in [0.3, 0.4) is 0 Å². The number of rotatable bonds is 1. The molecule has 1 aromatic heterocycles. The fourth-order valence-corrected chi connectivity index (χ4v) is 2.95. The van der Waals surface area contributed by atoms with Gasteiger partial charge in [-0.1, -0.05) is 30.9 Å². The Morgan fingerprint density at radius 1 is 1.06 bits per heavy atom. The van der Waals surface area contributed by atoms with Crippen molar-refractivity contribution < 1.29 is 0 Å². The molecular weight excluding hydrogens is 206 g/mol. The number of hydrogen-bond acceptors (Lipinski definition) is 0. The molecule has 0 aliphatic heterocycles. The van der Waals surface area contributed by atoms with Crippen LogP contribution in [0.5, 0.6) is 0 Å². The molecule has 0 saturated carbocycles. The highest BCUT2D eigenvalue weighted by Gasteiger charge is 2.21. The molecule has 0 spiro atoms. The van der Waals surface area contributed by atoms with Crippen molar-refractivity contribution in [3.63, 3.8) is 0 Å². The van der Waals surface area contributed by atoms with Crippen LogP contribution >= 0.6 is 0 Å². The first-order valence-corrected chi connectivity index (χ1v) is 6.06. The van der Waals surface area contributed by atoms with Crippen LogP contribution in [0.25, 0.3) is 27.9 Å². The van der Waals surface area contributed by atoms with E-state index in [1.54, 1.807) is 0 Å². The van der Waals surface area contributed by atoms with E-state index in [9.17, 15) is 0 Å². The van der Waals surface area contributed by atoms with Crippen molar-refractivity contribution in [1.29, 1.82) is 0 Å². The first-order valence-electron chi connectivity index (χ1n) is 6.06. The Kier molecular flexibility index (Phi) is 1.60. The van der Waals surface area contributed by atoms with Crippen LogP contribution in [0.15, 0.2) is 36.9 Å². The predicted molar refractivity (Wildman–Crippen MR) is 73.3 cm³/mol. The molecule has 1 nitrogen and oxygen atoms in total. The largest absolute Gasteiger partial charge is 0.354 e. The highest BCUT2D eigenvalue weighted by atomic mass is 14.7. The number of nitrogens with one attached hydrogen (secondary N) is 1. The Labute approximate surface area is 99.8 Å². The van der Waals surface area contributed by atoms with E-state index >= 15 is 0 Å². The SMILES string of the molecule is C=Cc1cc2c([nH]c3ccccc32)c2c1CC2. The maximum absolute atomic E-state index is 3.93. The van der Waals surface area contributed by atoms with Gasteiger partial charge in [0.25, 0.3) is 0 Å². The van der Waals surface area contributed by atoms with Crippen molar-refractivity contribution >= 4 is 27.9 Å². The van der Waals surface area contributed by atoms with Crippen molar-refractivity contribution in [3.8, 4) is 0 Å². The van der Waals surface area contributed by atoms with Crippen molar-refractivity contribution in [2.24, 2.45) is 0 Å². The predicted octanol–water partition coefficient (Wildman–Crippen LogP) is 4.06.